The molecule has 3 nitrogen and oxygen atoms in total. The fraction of sp³-hybridized carbons (Fsp3) is 0.250. The molecule has 102 valence electrons. The molecular formula is C12H9F4NO2. The molecule has 1 N–H and O–H groups in total. The van der Waals surface area contributed by atoms with Gasteiger partial charge >= 0.3 is 12.1 Å². The fourth-order valence-corrected chi connectivity index (χ4v) is 1.93. The van der Waals surface area contributed by atoms with Gasteiger partial charge in [0, 0.05) is 6.20 Å². The van der Waals surface area contributed by atoms with Crippen molar-refractivity contribution in [1.82, 2.24) is 4.57 Å². The van der Waals surface area contributed by atoms with Crippen molar-refractivity contribution in [2.45, 2.75) is 18.6 Å². The number of rotatable bonds is 3. The molecular weight excluding hydrogens is 266 g/mol. The molecule has 0 saturated carbocycles. The molecule has 0 aliphatic rings. The van der Waals surface area contributed by atoms with Gasteiger partial charge in [-0.1, -0.05) is 0 Å². The van der Waals surface area contributed by atoms with Crippen LogP contribution in [-0.4, -0.2) is 21.8 Å². The van der Waals surface area contributed by atoms with E-state index in [4.69, 9.17) is 5.11 Å². The van der Waals surface area contributed by atoms with Gasteiger partial charge in [-0.15, -0.1) is 0 Å². The Balaban J connectivity index is 2.55. The van der Waals surface area contributed by atoms with E-state index in [9.17, 15) is 22.4 Å². The van der Waals surface area contributed by atoms with E-state index in [0.717, 1.165) is 22.9 Å². The molecule has 0 radical (unpaired) electrons. The summed E-state index contributed by atoms with van der Waals surface area (Å²) in [6.45, 7) is 0. The van der Waals surface area contributed by atoms with Crippen molar-refractivity contribution >= 4 is 16.9 Å². The van der Waals surface area contributed by atoms with Gasteiger partial charge in [0.2, 0.25) is 0 Å². The Morgan fingerprint density at radius 2 is 2.00 bits per heavy atom. The van der Waals surface area contributed by atoms with Crippen LogP contribution in [0.25, 0.3) is 10.9 Å². The first-order chi connectivity index (χ1) is 8.79. The lowest BCUT2D eigenvalue weighted by atomic mass is 10.2. The molecule has 0 amide bonds. The average Bonchev–Trinajstić information content (AvgIpc) is 2.66. The third-order valence-corrected chi connectivity index (χ3v) is 2.77. The van der Waals surface area contributed by atoms with Crippen LogP contribution in [0.15, 0.2) is 30.5 Å². The van der Waals surface area contributed by atoms with Crippen LogP contribution in [0, 0.1) is 5.82 Å². The molecule has 0 aliphatic heterocycles. The van der Waals surface area contributed by atoms with Gasteiger partial charge in [0.1, 0.15) is 11.9 Å². The van der Waals surface area contributed by atoms with Gasteiger partial charge in [0.05, 0.1) is 11.9 Å². The third-order valence-electron chi connectivity index (χ3n) is 2.77. The van der Waals surface area contributed by atoms with E-state index in [1.807, 2.05) is 0 Å². The topological polar surface area (TPSA) is 42.2 Å². The summed E-state index contributed by atoms with van der Waals surface area (Å²) < 4.78 is 52.5. The minimum Gasteiger partial charge on any atom is -0.481 e. The van der Waals surface area contributed by atoms with E-state index in [2.05, 4.69) is 0 Å². The number of aromatic nitrogens is 1. The minimum absolute atomic E-state index is 0.0172. The summed E-state index contributed by atoms with van der Waals surface area (Å²) in [6.07, 6.45) is -4.72. The number of fused-ring (bicyclic) bond motifs is 1. The van der Waals surface area contributed by atoms with Crippen molar-refractivity contribution in [2.24, 2.45) is 0 Å². The van der Waals surface area contributed by atoms with E-state index >= 15 is 0 Å². The lowest BCUT2D eigenvalue weighted by Gasteiger charge is -2.21. The van der Waals surface area contributed by atoms with Gasteiger partial charge < -0.3 is 9.67 Å². The van der Waals surface area contributed by atoms with Gasteiger partial charge in [-0.3, -0.25) is 4.79 Å². The lowest BCUT2D eigenvalue weighted by molar-refractivity contribution is -0.176. The normalized spacial score (nSPS) is 13.7. The summed E-state index contributed by atoms with van der Waals surface area (Å²) in [5, 5.41) is 9.00. The zero-order valence-corrected chi connectivity index (χ0v) is 9.49. The number of aliphatic carboxylic acids is 1. The van der Waals surface area contributed by atoms with Gasteiger partial charge in [0.25, 0.3) is 0 Å². The third kappa shape index (κ3) is 2.69. The molecule has 1 aromatic carbocycles. The smallest absolute Gasteiger partial charge is 0.409 e. The van der Waals surface area contributed by atoms with Gasteiger partial charge in [-0.2, -0.15) is 13.2 Å². The predicted octanol–water partition coefficient (Wildman–Crippen LogP) is 3.36. The first kappa shape index (κ1) is 13.4. The summed E-state index contributed by atoms with van der Waals surface area (Å²) in [7, 11) is 0. The zero-order chi connectivity index (χ0) is 14.2. The van der Waals surface area contributed by atoms with E-state index in [1.54, 1.807) is 0 Å². The second kappa shape index (κ2) is 4.56. The Bertz CT molecular complexity index is 618. The van der Waals surface area contributed by atoms with Crippen LogP contribution in [0.3, 0.4) is 0 Å². The summed E-state index contributed by atoms with van der Waals surface area (Å²) in [5.41, 5.74) is 0.0172. The largest absolute Gasteiger partial charge is 0.481 e. The SMILES string of the molecule is O=C(O)CC(n1ccc2ccc(F)cc21)C(F)(F)F. The Hall–Kier alpha value is -2.05. The minimum atomic E-state index is -4.73. The fourth-order valence-electron chi connectivity index (χ4n) is 1.93. The number of carbonyl (C=O) groups is 1. The zero-order valence-electron chi connectivity index (χ0n) is 9.49. The summed E-state index contributed by atoms with van der Waals surface area (Å²) >= 11 is 0. The molecule has 19 heavy (non-hydrogen) atoms. The first-order valence-corrected chi connectivity index (χ1v) is 5.33. The van der Waals surface area contributed by atoms with Crippen molar-refractivity contribution in [3.05, 3.63) is 36.3 Å². The van der Waals surface area contributed by atoms with E-state index in [0.29, 0.717) is 5.39 Å². The number of hydrogen-bond donors (Lipinski definition) is 1. The van der Waals surface area contributed by atoms with Crippen LogP contribution in [0.5, 0.6) is 0 Å². The maximum Gasteiger partial charge on any atom is 0.409 e. The molecule has 7 heteroatoms. The van der Waals surface area contributed by atoms with E-state index in [-0.39, 0.29) is 5.52 Å². The molecule has 0 fully saturated rings. The molecule has 0 aliphatic carbocycles. The highest BCUT2D eigenvalue weighted by Crippen LogP contribution is 2.36. The maximum absolute atomic E-state index is 13.1. The second-order valence-corrected chi connectivity index (χ2v) is 4.08. The van der Waals surface area contributed by atoms with Crippen LogP contribution < -0.4 is 0 Å². The molecule has 1 atom stereocenters. The van der Waals surface area contributed by atoms with Gasteiger partial charge in [-0.25, -0.2) is 4.39 Å². The highest BCUT2D eigenvalue weighted by Gasteiger charge is 2.42. The van der Waals surface area contributed by atoms with Crippen LogP contribution in [0.2, 0.25) is 0 Å². The molecule has 1 unspecified atom stereocenters. The highest BCUT2D eigenvalue weighted by molar-refractivity contribution is 5.80. The standard InChI is InChI=1S/C12H9F4NO2/c13-8-2-1-7-3-4-17(9(7)5-8)10(6-11(18)19)12(14,15)16/h1-5,10H,6H2,(H,18,19). The first-order valence-electron chi connectivity index (χ1n) is 5.33. The van der Waals surface area contributed by atoms with Crippen molar-refractivity contribution in [3.8, 4) is 0 Å². The van der Waals surface area contributed by atoms with E-state index < -0.39 is 30.4 Å². The number of carboxylic acid groups (broad SMARTS) is 1. The van der Waals surface area contributed by atoms with E-state index in [1.165, 1.54) is 12.1 Å². The van der Waals surface area contributed by atoms with Crippen LogP contribution in [-0.2, 0) is 4.79 Å². The number of alkyl halides is 3. The Morgan fingerprint density at radius 3 is 2.58 bits per heavy atom. The number of halogens is 4. The number of benzene rings is 1. The molecule has 1 heterocycles. The van der Waals surface area contributed by atoms with Crippen molar-refractivity contribution < 1.29 is 27.5 Å². The lowest BCUT2D eigenvalue weighted by Crippen LogP contribution is -2.28. The molecule has 1 aromatic heterocycles. The van der Waals surface area contributed by atoms with Gasteiger partial charge in [-0.05, 0) is 29.7 Å². The summed E-state index contributed by atoms with van der Waals surface area (Å²) in [4.78, 5) is 10.6. The molecule has 0 saturated heterocycles. The van der Waals surface area contributed by atoms with Crippen LogP contribution in [0.4, 0.5) is 17.6 Å². The van der Waals surface area contributed by atoms with Crippen molar-refractivity contribution in [3.63, 3.8) is 0 Å². The Kier molecular flexibility index (Phi) is 3.21. The monoisotopic (exact) mass is 275 g/mol. The quantitative estimate of drug-likeness (QED) is 0.873. The molecule has 0 bridgehead atoms. The van der Waals surface area contributed by atoms with Crippen LogP contribution >= 0.6 is 0 Å². The Morgan fingerprint density at radius 1 is 1.32 bits per heavy atom. The predicted molar refractivity (Wildman–Crippen MR) is 59.2 cm³/mol. The number of nitrogens with zero attached hydrogens (tertiary/aromatic N) is 1. The summed E-state index contributed by atoms with van der Waals surface area (Å²) in [6, 6.07) is 2.59. The van der Waals surface area contributed by atoms with Crippen LogP contribution in [0.1, 0.15) is 12.5 Å². The highest BCUT2D eigenvalue weighted by atomic mass is 19.4. The number of hydrogen-bond acceptors (Lipinski definition) is 1. The van der Waals surface area contributed by atoms with Gasteiger partial charge in [0.15, 0.2) is 0 Å². The molecule has 2 aromatic rings. The van der Waals surface area contributed by atoms with Crippen molar-refractivity contribution in [2.75, 3.05) is 0 Å². The second-order valence-electron chi connectivity index (χ2n) is 4.08. The molecule has 0 spiro atoms. The Labute approximate surface area is 105 Å². The maximum atomic E-state index is 13.1. The summed E-state index contributed by atoms with van der Waals surface area (Å²) in [5.74, 6) is -2.25. The van der Waals surface area contributed by atoms with Crippen molar-refractivity contribution in [1.29, 1.82) is 0 Å². The number of carboxylic acids is 1. The average molecular weight is 275 g/mol. The molecule has 2 rings (SSSR count).